The van der Waals surface area contributed by atoms with E-state index < -0.39 is 5.54 Å². The summed E-state index contributed by atoms with van der Waals surface area (Å²) in [5, 5.41) is 3.03. The lowest BCUT2D eigenvalue weighted by molar-refractivity contribution is -0.145. The summed E-state index contributed by atoms with van der Waals surface area (Å²) in [5.41, 5.74) is 1.19. The zero-order chi connectivity index (χ0) is 23.4. The van der Waals surface area contributed by atoms with Gasteiger partial charge in [0.15, 0.2) is 0 Å². The van der Waals surface area contributed by atoms with E-state index in [-0.39, 0.29) is 42.3 Å². The van der Waals surface area contributed by atoms with Crippen LogP contribution in [0.5, 0.6) is 0 Å². The van der Waals surface area contributed by atoms with Gasteiger partial charge in [0, 0.05) is 38.0 Å². The second-order valence-electron chi connectivity index (χ2n) is 8.89. The van der Waals surface area contributed by atoms with Crippen molar-refractivity contribution in [1.29, 1.82) is 0 Å². The summed E-state index contributed by atoms with van der Waals surface area (Å²) in [6, 6.07) is 12.2. The first-order valence-corrected chi connectivity index (χ1v) is 11.2. The van der Waals surface area contributed by atoms with Gasteiger partial charge >= 0.3 is 0 Å². The van der Waals surface area contributed by atoms with Crippen molar-refractivity contribution >= 4 is 17.7 Å². The maximum atomic E-state index is 13.2. The average molecular weight is 456 g/mol. The molecule has 6 nitrogen and oxygen atoms in total. The monoisotopic (exact) mass is 455 g/mol. The molecule has 4 rings (SSSR count). The van der Waals surface area contributed by atoms with Crippen molar-refractivity contribution < 1.29 is 23.2 Å². The van der Waals surface area contributed by atoms with Crippen LogP contribution in [0.15, 0.2) is 48.5 Å². The molecule has 0 aliphatic carbocycles. The number of benzene rings is 2. The Morgan fingerprint density at radius 2 is 1.58 bits per heavy atom. The van der Waals surface area contributed by atoms with E-state index in [1.165, 1.54) is 24.3 Å². The van der Waals surface area contributed by atoms with Crippen LogP contribution in [0.25, 0.3) is 0 Å². The van der Waals surface area contributed by atoms with E-state index in [0.717, 1.165) is 11.1 Å². The minimum absolute atomic E-state index is 0.0113. The van der Waals surface area contributed by atoms with Gasteiger partial charge in [-0.15, -0.1) is 0 Å². The maximum Gasteiger partial charge on any atom is 0.242 e. The van der Waals surface area contributed by atoms with Gasteiger partial charge in [-0.2, -0.15) is 0 Å². The molecule has 174 valence electrons. The van der Waals surface area contributed by atoms with Crippen LogP contribution in [0.2, 0.25) is 0 Å². The Labute approximate surface area is 191 Å². The first-order valence-electron chi connectivity index (χ1n) is 11.2. The van der Waals surface area contributed by atoms with E-state index in [4.69, 9.17) is 0 Å². The Kier molecular flexibility index (Phi) is 6.72. The van der Waals surface area contributed by atoms with Crippen molar-refractivity contribution in [3.63, 3.8) is 0 Å². The van der Waals surface area contributed by atoms with Gasteiger partial charge in [-0.1, -0.05) is 24.3 Å². The van der Waals surface area contributed by atoms with Gasteiger partial charge in [-0.25, -0.2) is 8.78 Å². The summed E-state index contributed by atoms with van der Waals surface area (Å²) in [6.07, 6.45) is 2.21. The van der Waals surface area contributed by atoms with Crippen LogP contribution in [0.4, 0.5) is 8.78 Å². The Bertz CT molecular complexity index is 1030. The second kappa shape index (κ2) is 9.68. The van der Waals surface area contributed by atoms with Gasteiger partial charge < -0.3 is 15.1 Å². The number of hydrogen-bond acceptors (Lipinski definition) is 3. The van der Waals surface area contributed by atoms with E-state index in [0.29, 0.717) is 45.3 Å². The molecule has 0 aromatic heterocycles. The van der Waals surface area contributed by atoms with Gasteiger partial charge in [0.25, 0.3) is 0 Å². The van der Waals surface area contributed by atoms with Crippen molar-refractivity contribution in [2.75, 3.05) is 19.6 Å². The third kappa shape index (κ3) is 5.74. The third-order valence-electron chi connectivity index (χ3n) is 6.47. The predicted octanol–water partition coefficient (Wildman–Crippen LogP) is 2.81. The van der Waals surface area contributed by atoms with Crippen LogP contribution in [0.3, 0.4) is 0 Å². The minimum atomic E-state index is -0.543. The fourth-order valence-corrected chi connectivity index (χ4v) is 4.58. The molecule has 0 saturated carbocycles. The van der Waals surface area contributed by atoms with E-state index in [2.05, 4.69) is 5.32 Å². The van der Waals surface area contributed by atoms with E-state index in [1.807, 2.05) is 0 Å². The summed E-state index contributed by atoms with van der Waals surface area (Å²) in [7, 11) is 0. The fraction of sp³-hybridized carbons (Fsp3) is 0.400. The van der Waals surface area contributed by atoms with Crippen LogP contribution in [0.1, 0.15) is 36.8 Å². The van der Waals surface area contributed by atoms with Gasteiger partial charge in [0.2, 0.25) is 17.7 Å². The molecule has 1 atom stereocenters. The van der Waals surface area contributed by atoms with Crippen molar-refractivity contribution in [3.8, 4) is 0 Å². The number of carbonyl (C=O) groups is 3. The van der Waals surface area contributed by atoms with E-state index >= 15 is 0 Å². The van der Waals surface area contributed by atoms with Gasteiger partial charge in [-0.3, -0.25) is 14.4 Å². The maximum absolute atomic E-state index is 13.2. The molecule has 2 saturated heterocycles. The Morgan fingerprint density at radius 1 is 0.939 bits per heavy atom. The topological polar surface area (TPSA) is 69.7 Å². The first-order chi connectivity index (χ1) is 15.8. The first kappa shape index (κ1) is 22.9. The number of piperazine rings is 1. The number of amides is 3. The molecule has 2 aromatic carbocycles. The number of nitrogens with one attached hydrogen (secondary N) is 1. The SMILES string of the molecule is O=C1CC[C@](CCC(=O)N2CCN(Cc3ccc(F)cc3)C(=O)C2)(Cc2ccc(F)cc2)N1. The highest BCUT2D eigenvalue weighted by molar-refractivity contribution is 5.86. The standard InChI is InChI=1S/C25H27F2N3O3/c26-20-5-1-18(2-6-20)15-25(11-9-22(31)28-25)12-10-23(32)30-14-13-29(24(33)17-30)16-19-3-7-21(27)8-4-19/h1-8H,9-17H2,(H,28,31)/t25-/m0/s1. The van der Waals surface area contributed by atoms with Crippen LogP contribution in [-0.2, 0) is 27.3 Å². The average Bonchev–Trinajstić information content (AvgIpc) is 3.17. The number of hydrogen-bond donors (Lipinski definition) is 1. The molecule has 0 unspecified atom stereocenters. The molecule has 2 fully saturated rings. The molecule has 33 heavy (non-hydrogen) atoms. The molecule has 0 spiro atoms. The largest absolute Gasteiger partial charge is 0.350 e. The number of carbonyl (C=O) groups excluding carboxylic acids is 3. The lowest BCUT2D eigenvalue weighted by Crippen LogP contribution is -2.52. The van der Waals surface area contributed by atoms with E-state index in [9.17, 15) is 23.2 Å². The van der Waals surface area contributed by atoms with Crippen LogP contribution < -0.4 is 5.32 Å². The molecule has 8 heteroatoms. The summed E-state index contributed by atoms with van der Waals surface area (Å²) in [4.78, 5) is 40.7. The molecule has 3 amide bonds. The molecule has 1 N–H and O–H groups in total. The van der Waals surface area contributed by atoms with E-state index in [1.54, 1.807) is 34.1 Å². The van der Waals surface area contributed by atoms with Crippen LogP contribution in [0, 0.1) is 11.6 Å². The lowest BCUT2D eigenvalue weighted by Gasteiger charge is -2.35. The Hall–Kier alpha value is -3.29. The molecule has 2 heterocycles. The highest BCUT2D eigenvalue weighted by atomic mass is 19.1. The summed E-state index contributed by atoms with van der Waals surface area (Å²) in [6.45, 7) is 1.24. The number of halogens is 2. The van der Waals surface area contributed by atoms with Crippen molar-refractivity contribution in [2.24, 2.45) is 0 Å². The number of rotatable bonds is 7. The Morgan fingerprint density at radius 3 is 2.15 bits per heavy atom. The third-order valence-corrected chi connectivity index (χ3v) is 6.47. The van der Waals surface area contributed by atoms with Crippen LogP contribution >= 0.6 is 0 Å². The van der Waals surface area contributed by atoms with Crippen molar-refractivity contribution in [3.05, 3.63) is 71.3 Å². The minimum Gasteiger partial charge on any atom is -0.350 e. The molecule has 0 bridgehead atoms. The quantitative estimate of drug-likeness (QED) is 0.698. The Balaban J connectivity index is 1.32. The molecular weight excluding hydrogens is 428 g/mol. The molecule has 2 aliphatic heterocycles. The molecule has 2 aromatic rings. The zero-order valence-corrected chi connectivity index (χ0v) is 18.4. The highest BCUT2D eigenvalue weighted by Gasteiger charge is 2.38. The number of nitrogens with zero attached hydrogens (tertiary/aromatic N) is 2. The van der Waals surface area contributed by atoms with Crippen molar-refractivity contribution in [1.82, 2.24) is 15.1 Å². The molecule has 2 aliphatic rings. The molecule has 0 radical (unpaired) electrons. The van der Waals surface area contributed by atoms with Gasteiger partial charge in [0.05, 0.1) is 6.54 Å². The normalized spacial score (nSPS) is 20.8. The predicted molar refractivity (Wildman–Crippen MR) is 118 cm³/mol. The zero-order valence-electron chi connectivity index (χ0n) is 18.4. The smallest absolute Gasteiger partial charge is 0.242 e. The second-order valence-corrected chi connectivity index (χ2v) is 8.89. The molecular formula is C25H27F2N3O3. The lowest BCUT2D eigenvalue weighted by atomic mass is 9.85. The van der Waals surface area contributed by atoms with Gasteiger partial charge in [0.1, 0.15) is 11.6 Å². The fourth-order valence-electron chi connectivity index (χ4n) is 4.58. The summed E-state index contributed by atoms with van der Waals surface area (Å²) >= 11 is 0. The van der Waals surface area contributed by atoms with Gasteiger partial charge in [-0.05, 0) is 54.7 Å². The highest BCUT2D eigenvalue weighted by Crippen LogP contribution is 2.30. The summed E-state index contributed by atoms with van der Waals surface area (Å²) < 4.78 is 26.3. The van der Waals surface area contributed by atoms with Crippen LogP contribution in [-0.4, -0.2) is 52.7 Å². The summed E-state index contributed by atoms with van der Waals surface area (Å²) in [5.74, 6) is -0.953. The van der Waals surface area contributed by atoms with Crippen molar-refractivity contribution in [2.45, 2.75) is 44.2 Å².